The van der Waals surface area contributed by atoms with Crippen molar-refractivity contribution in [2.45, 2.75) is 19.3 Å². The summed E-state index contributed by atoms with van der Waals surface area (Å²) in [6.07, 6.45) is 3.57. The minimum absolute atomic E-state index is 0.140. The molecule has 0 bridgehead atoms. The number of aryl methyl sites for hydroxylation is 2. The molecule has 2 aromatic carbocycles. The number of halogens is 1. The van der Waals surface area contributed by atoms with Crippen molar-refractivity contribution in [1.82, 2.24) is 9.88 Å². The summed E-state index contributed by atoms with van der Waals surface area (Å²) in [7, 11) is 3.38. The Balaban J connectivity index is 1.82. The molecule has 1 heterocycles. The summed E-state index contributed by atoms with van der Waals surface area (Å²) in [6, 6.07) is 17.4. The maximum Gasteiger partial charge on any atom is 0.254 e. The Hall–Kier alpha value is -3.18. The van der Waals surface area contributed by atoms with Crippen LogP contribution in [-0.4, -0.2) is 35.8 Å². The predicted molar refractivity (Wildman–Crippen MR) is 119 cm³/mol. The Labute approximate surface area is 181 Å². The van der Waals surface area contributed by atoms with Gasteiger partial charge in [-0.2, -0.15) is 0 Å². The lowest BCUT2D eigenvalue weighted by Crippen LogP contribution is -2.22. The SMILES string of the molecule is CN(C)C(=O)c1ccc(Cc2cc(CCc3ccccc3)c(C(N)=O)cn2)cc1Cl. The van der Waals surface area contributed by atoms with Gasteiger partial charge in [0.15, 0.2) is 0 Å². The van der Waals surface area contributed by atoms with Crippen LogP contribution in [-0.2, 0) is 19.3 Å². The van der Waals surface area contributed by atoms with Gasteiger partial charge in [0.25, 0.3) is 11.8 Å². The first kappa shape index (κ1) is 21.5. The molecule has 0 aliphatic carbocycles. The molecule has 2 amide bonds. The van der Waals surface area contributed by atoms with Crippen LogP contribution in [0.2, 0.25) is 5.02 Å². The number of carbonyl (C=O) groups is 2. The largest absolute Gasteiger partial charge is 0.366 e. The van der Waals surface area contributed by atoms with Gasteiger partial charge in [-0.05, 0) is 47.7 Å². The number of rotatable bonds is 7. The van der Waals surface area contributed by atoms with Gasteiger partial charge in [0.2, 0.25) is 0 Å². The monoisotopic (exact) mass is 421 g/mol. The number of nitrogens with two attached hydrogens (primary N) is 1. The molecule has 6 heteroatoms. The smallest absolute Gasteiger partial charge is 0.254 e. The van der Waals surface area contributed by atoms with Crippen LogP contribution in [0.25, 0.3) is 0 Å². The van der Waals surface area contributed by atoms with Crippen LogP contribution in [0.3, 0.4) is 0 Å². The lowest BCUT2D eigenvalue weighted by Gasteiger charge is -2.13. The van der Waals surface area contributed by atoms with Crippen LogP contribution in [0.5, 0.6) is 0 Å². The molecule has 3 rings (SSSR count). The van der Waals surface area contributed by atoms with Crippen molar-refractivity contribution in [3.05, 3.63) is 99.3 Å². The molecule has 0 saturated heterocycles. The molecular weight excluding hydrogens is 398 g/mol. The van der Waals surface area contributed by atoms with Gasteiger partial charge in [-0.1, -0.05) is 48.0 Å². The predicted octanol–water partition coefficient (Wildman–Crippen LogP) is 3.91. The van der Waals surface area contributed by atoms with Crippen LogP contribution < -0.4 is 5.73 Å². The average molecular weight is 422 g/mol. The second-order valence-electron chi connectivity index (χ2n) is 7.37. The summed E-state index contributed by atoms with van der Waals surface area (Å²) in [4.78, 5) is 29.9. The first-order valence-corrected chi connectivity index (χ1v) is 10.0. The molecule has 0 aliphatic rings. The van der Waals surface area contributed by atoms with E-state index in [0.29, 0.717) is 29.0 Å². The highest BCUT2D eigenvalue weighted by Gasteiger charge is 2.14. The molecule has 154 valence electrons. The highest BCUT2D eigenvalue weighted by molar-refractivity contribution is 6.33. The van der Waals surface area contributed by atoms with E-state index < -0.39 is 5.91 Å². The third-order valence-electron chi connectivity index (χ3n) is 4.89. The highest BCUT2D eigenvalue weighted by Crippen LogP contribution is 2.22. The van der Waals surface area contributed by atoms with E-state index in [9.17, 15) is 9.59 Å². The van der Waals surface area contributed by atoms with Crippen LogP contribution in [0.4, 0.5) is 0 Å². The molecule has 30 heavy (non-hydrogen) atoms. The van der Waals surface area contributed by atoms with Crippen molar-refractivity contribution in [3.8, 4) is 0 Å². The number of amides is 2. The van der Waals surface area contributed by atoms with Gasteiger partial charge in [-0.3, -0.25) is 14.6 Å². The Bertz CT molecular complexity index is 1070. The number of carbonyl (C=O) groups excluding carboxylic acids is 2. The summed E-state index contributed by atoms with van der Waals surface area (Å²) in [5.74, 6) is -0.620. The topological polar surface area (TPSA) is 76.3 Å². The first-order valence-electron chi connectivity index (χ1n) is 9.66. The fourth-order valence-corrected chi connectivity index (χ4v) is 3.57. The molecule has 1 aromatic heterocycles. The van der Waals surface area contributed by atoms with Gasteiger partial charge in [0.05, 0.1) is 16.1 Å². The maximum absolute atomic E-state index is 12.2. The van der Waals surface area contributed by atoms with Crippen LogP contribution >= 0.6 is 11.6 Å². The third kappa shape index (κ3) is 5.24. The normalized spacial score (nSPS) is 10.6. The fraction of sp³-hybridized carbons (Fsp3) is 0.208. The van der Waals surface area contributed by atoms with Crippen LogP contribution in [0.15, 0.2) is 60.8 Å². The van der Waals surface area contributed by atoms with Crippen molar-refractivity contribution in [3.63, 3.8) is 0 Å². The Kier molecular flexibility index (Phi) is 6.85. The van der Waals surface area contributed by atoms with Gasteiger partial charge in [-0.15, -0.1) is 0 Å². The summed E-state index contributed by atoms with van der Waals surface area (Å²) < 4.78 is 0. The van der Waals surface area contributed by atoms with Gasteiger partial charge in [0.1, 0.15) is 0 Å². The zero-order valence-electron chi connectivity index (χ0n) is 17.1. The summed E-state index contributed by atoms with van der Waals surface area (Å²) >= 11 is 6.32. The quantitative estimate of drug-likeness (QED) is 0.628. The minimum Gasteiger partial charge on any atom is -0.366 e. The van der Waals surface area contributed by atoms with Crippen molar-refractivity contribution in [1.29, 1.82) is 0 Å². The van der Waals surface area contributed by atoms with E-state index in [1.807, 2.05) is 30.3 Å². The molecule has 0 atom stereocenters. The Morgan fingerprint density at radius 3 is 2.33 bits per heavy atom. The molecule has 0 aliphatic heterocycles. The summed E-state index contributed by atoms with van der Waals surface area (Å²) in [6.45, 7) is 0. The minimum atomic E-state index is -0.480. The standard InChI is InChI=1S/C24H24ClN3O2/c1-28(2)24(30)20-11-9-17(13-22(20)25)12-19-14-18(21(15-27-19)23(26)29)10-8-16-6-4-3-5-7-16/h3-7,9,11,13-15H,8,10,12H2,1-2H3,(H2,26,29). The molecule has 5 nitrogen and oxygen atoms in total. The summed E-state index contributed by atoms with van der Waals surface area (Å²) in [5.41, 5.74) is 10.3. The van der Waals surface area contributed by atoms with Gasteiger partial charge >= 0.3 is 0 Å². The van der Waals surface area contributed by atoms with E-state index in [0.717, 1.165) is 23.2 Å². The molecule has 0 unspecified atom stereocenters. The molecule has 3 aromatic rings. The van der Waals surface area contributed by atoms with Gasteiger partial charge < -0.3 is 10.6 Å². The second kappa shape index (κ2) is 9.55. The Morgan fingerprint density at radius 2 is 1.70 bits per heavy atom. The van der Waals surface area contributed by atoms with E-state index in [1.54, 1.807) is 32.4 Å². The van der Waals surface area contributed by atoms with Crippen molar-refractivity contribution >= 4 is 23.4 Å². The van der Waals surface area contributed by atoms with Crippen molar-refractivity contribution in [2.24, 2.45) is 5.73 Å². The Morgan fingerprint density at radius 1 is 0.967 bits per heavy atom. The maximum atomic E-state index is 12.2. The van der Waals surface area contributed by atoms with Gasteiger partial charge in [-0.25, -0.2) is 0 Å². The number of aromatic nitrogens is 1. The summed E-state index contributed by atoms with van der Waals surface area (Å²) in [5, 5.41) is 0.407. The number of hydrogen-bond acceptors (Lipinski definition) is 3. The van der Waals surface area contributed by atoms with E-state index in [1.165, 1.54) is 10.5 Å². The zero-order valence-corrected chi connectivity index (χ0v) is 17.8. The van der Waals surface area contributed by atoms with Crippen LogP contribution in [0.1, 0.15) is 43.1 Å². The van der Waals surface area contributed by atoms with E-state index in [4.69, 9.17) is 17.3 Å². The second-order valence-corrected chi connectivity index (χ2v) is 7.78. The molecule has 2 N–H and O–H groups in total. The third-order valence-corrected chi connectivity index (χ3v) is 5.21. The van der Waals surface area contributed by atoms with Gasteiger partial charge in [0, 0.05) is 32.4 Å². The van der Waals surface area contributed by atoms with E-state index in [-0.39, 0.29) is 5.91 Å². The average Bonchev–Trinajstić information content (AvgIpc) is 2.72. The number of benzene rings is 2. The highest BCUT2D eigenvalue weighted by atomic mass is 35.5. The molecule has 0 spiro atoms. The molecule has 0 saturated carbocycles. The number of nitrogens with zero attached hydrogens (tertiary/aromatic N) is 2. The number of primary amides is 1. The zero-order chi connectivity index (χ0) is 21.7. The van der Waals surface area contributed by atoms with E-state index in [2.05, 4.69) is 17.1 Å². The van der Waals surface area contributed by atoms with Crippen molar-refractivity contribution < 1.29 is 9.59 Å². The fourth-order valence-electron chi connectivity index (χ4n) is 3.29. The molecular formula is C24H24ClN3O2. The van der Waals surface area contributed by atoms with Crippen molar-refractivity contribution in [2.75, 3.05) is 14.1 Å². The molecule has 0 radical (unpaired) electrons. The number of pyridine rings is 1. The number of hydrogen-bond donors (Lipinski definition) is 1. The van der Waals surface area contributed by atoms with Crippen LogP contribution in [0, 0.1) is 0 Å². The lowest BCUT2D eigenvalue weighted by molar-refractivity contribution is 0.0827. The van der Waals surface area contributed by atoms with E-state index >= 15 is 0 Å². The molecule has 0 fully saturated rings. The lowest BCUT2D eigenvalue weighted by atomic mass is 9.98. The first-order chi connectivity index (χ1) is 14.3.